The van der Waals surface area contributed by atoms with Gasteiger partial charge in [0, 0.05) is 12.6 Å². The van der Waals surface area contributed by atoms with E-state index in [1.165, 1.54) is 0 Å². The highest BCUT2D eigenvalue weighted by atomic mass is 19.4. The number of halogens is 3. The van der Waals surface area contributed by atoms with Crippen LogP contribution in [-0.2, 0) is 23.9 Å². The Morgan fingerprint density at radius 2 is 2.05 bits per heavy atom. The summed E-state index contributed by atoms with van der Waals surface area (Å²) in [7, 11) is 0. The van der Waals surface area contributed by atoms with Gasteiger partial charge in [0.25, 0.3) is 0 Å². The van der Waals surface area contributed by atoms with Crippen molar-refractivity contribution in [1.29, 1.82) is 0 Å². The molecule has 1 saturated carbocycles. The second kappa shape index (κ2) is 5.22. The first-order valence-corrected chi connectivity index (χ1v) is 6.21. The van der Waals surface area contributed by atoms with Gasteiger partial charge in [-0.1, -0.05) is 25.7 Å². The topological polar surface area (TPSA) is 55.1 Å². The van der Waals surface area contributed by atoms with Gasteiger partial charge in [0.1, 0.15) is 12.4 Å². The standard InChI is InChI=1S/C12H15F3N2O2/c13-12(14,15)9-6-17(7-11(18)19)10(16-9)5-8-3-1-2-4-8/h6,8H,1-5,7H2,(H,18,19). The molecule has 0 unspecified atom stereocenters. The van der Waals surface area contributed by atoms with Crippen LogP contribution in [0.5, 0.6) is 0 Å². The SMILES string of the molecule is O=C(O)Cn1cc(C(F)(F)F)nc1CC1CCCC1. The highest BCUT2D eigenvalue weighted by molar-refractivity contribution is 5.66. The Hall–Kier alpha value is -1.53. The van der Waals surface area contributed by atoms with Crippen molar-refractivity contribution in [3.8, 4) is 0 Å². The Kier molecular flexibility index (Phi) is 3.82. The van der Waals surface area contributed by atoms with Crippen LogP contribution in [0.2, 0.25) is 0 Å². The van der Waals surface area contributed by atoms with Gasteiger partial charge in [0.15, 0.2) is 5.69 Å². The molecule has 1 aliphatic rings. The number of hydrogen-bond donors (Lipinski definition) is 1. The third kappa shape index (κ3) is 3.48. The maximum absolute atomic E-state index is 12.6. The molecule has 1 aliphatic carbocycles. The van der Waals surface area contributed by atoms with Crippen LogP contribution in [0, 0.1) is 5.92 Å². The molecule has 0 saturated heterocycles. The Labute approximate surface area is 108 Å². The van der Waals surface area contributed by atoms with Gasteiger partial charge in [-0.3, -0.25) is 4.79 Å². The quantitative estimate of drug-likeness (QED) is 0.920. The Balaban J connectivity index is 2.22. The van der Waals surface area contributed by atoms with Gasteiger partial charge in [-0.25, -0.2) is 4.98 Å². The molecule has 1 aromatic heterocycles. The molecule has 0 spiro atoms. The van der Waals surface area contributed by atoms with Crippen LogP contribution >= 0.6 is 0 Å². The Morgan fingerprint density at radius 1 is 1.42 bits per heavy atom. The molecule has 7 heteroatoms. The fourth-order valence-corrected chi connectivity index (χ4v) is 2.51. The third-order valence-electron chi connectivity index (χ3n) is 3.40. The van der Waals surface area contributed by atoms with Crippen molar-refractivity contribution in [1.82, 2.24) is 9.55 Å². The highest BCUT2D eigenvalue weighted by Gasteiger charge is 2.35. The van der Waals surface area contributed by atoms with Crippen LogP contribution in [0.4, 0.5) is 13.2 Å². The largest absolute Gasteiger partial charge is 0.480 e. The van der Waals surface area contributed by atoms with Crippen LogP contribution in [-0.4, -0.2) is 20.6 Å². The lowest BCUT2D eigenvalue weighted by atomic mass is 10.0. The zero-order valence-electron chi connectivity index (χ0n) is 10.3. The first kappa shape index (κ1) is 13.9. The number of alkyl halides is 3. The number of nitrogens with zero attached hydrogens (tertiary/aromatic N) is 2. The molecule has 0 bridgehead atoms. The average molecular weight is 276 g/mol. The van der Waals surface area contributed by atoms with Gasteiger partial charge >= 0.3 is 12.1 Å². The molecule has 19 heavy (non-hydrogen) atoms. The predicted molar refractivity (Wildman–Crippen MR) is 60.5 cm³/mol. The molecular formula is C12H15F3N2O2. The number of aromatic nitrogens is 2. The lowest BCUT2D eigenvalue weighted by Gasteiger charge is -2.09. The van der Waals surface area contributed by atoms with E-state index in [2.05, 4.69) is 4.98 Å². The van der Waals surface area contributed by atoms with Crippen LogP contribution < -0.4 is 0 Å². The number of hydrogen-bond acceptors (Lipinski definition) is 2. The second-order valence-electron chi connectivity index (χ2n) is 4.92. The van der Waals surface area contributed by atoms with Crippen molar-refractivity contribution < 1.29 is 23.1 Å². The minimum atomic E-state index is -4.53. The molecule has 1 aromatic rings. The molecule has 0 aromatic carbocycles. The zero-order chi connectivity index (χ0) is 14.0. The van der Waals surface area contributed by atoms with Gasteiger partial charge in [-0.2, -0.15) is 13.2 Å². The van der Waals surface area contributed by atoms with E-state index in [1.54, 1.807) is 0 Å². The average Bonchev–Trinajstić information content (AvgIpc) is 2.88. The Bertz CT molecular complexity index is 462. The predicted octanol–water partition coefficient (Wildman–Crippen LogP) is 2.72. The van der Waals surface area contributed by atoms with Gasteiger partial charge in [0.05, 0.1) is 0 Å². The summed E-state index contributed by atoms with van der Waals surface area (Å²) < 4.78 is 38.9. The number of carboxylic acid groups (broad SMARTS) is 1. The van der Waals surface area contributed by atoms with Crippen molar-refractivity contribution in [3.63, 3.8) is 0 Å². The van der Waals surface area contributed by atoms with E-state index in [9.17, 15) is 18.0 Å². The van der Waals surface area contributed by atoms with Crippen molar-refractivity contribution in [2.75, 3.05) is 0 Å². The summed E-state index contributed by atoms with van der Waals surface area (Å²) in [6, 6.07) is 0. The van der Waals surface area contributed by atoms with Crippen LogP contribution in [0.15, 0.2) is 6.20 Å². The number of carbonyl (C=O) groups is 1. The lowest BCUT2D eigenvalue weighted by Crippen LogP contribution is -2.13. The molecule has 0 atom stereocenters. The van der Waals surface area contributed by atoms with E-state index < -0.39 is 24.4 Å². The van der Waals surface area contributed by atoms with Crippen molar-refractivity contribution in [3.05, 3.63) is 17.7 Å². The lowest BCUT2D eigenvalue weighted by molar-refractivity contribution is -0.141. The van der Waals surface area contributed by atoms with E-state index in [0.29, 0.717) is 12.3 Å². The van der Waals surface area contributed by atoms with E-state index >= 15 is 0 Å². The minimum absolute atomic E-state index is 0.224. The highest BCUT2D eigenvalue weighted by Crippen LogP contribution is 2.31. The smallest absolute Gasteiger partial charge is 0.434 e. The number of rotatable bonds is 4. The Morgan fingerprint density at radius 3 is 2.58 bits per heavy atom. The first-order valence-electron chi connectivity index (χ1n) is 6.21. The maximum atomic E-state index is 12.6. The molecular weight excluding hydrogens is 261 g/mol. The summed E-state index contributed by atoms with van der Waals surface area (Å²) >= 11 is 0. The molecule has 1 N–H and O–H groups in total. The molecule has 0 amide bonds. The molecule has 0 aliphatic heterocycles. The van der Waals surface area contributed by atoms with Gasteiger partial charge in [-0.15, -0.1) is 0 Å². The fraction of sp³-hybridized carbons (Fsp3) is 0.667. The van der Waals surface area contributed by atoms with Gasteiger partial charge in [-0.05, 0) is 5.92 Å². The normalized spacial score (nSPS) is 17.0. The summed E-state index contributed by atoms with van der Waals surface area (Å²) in [6.45, 7) is -0.481. The monoisotopic (exact) mass is 276 g/mol. The molecule has 4 nitrogen and oxygen atoms in total. The summed E-state index contributed by atoms with van der Waals surface area (Å²) in [5.41, 5.74) is -1.01. The van der Waals surface area contributed by atoms with E-state index in [4.69, 9.17) is 5.11 Å². The zero-order valence-corrected chi connectivity index (χ0v) is 10.3. The first-order chi connectivity index (χ1) is 8.86. The molecule has 1 heterocycles. The molecule has 106 valence electrons. The number of aliphatic carboxylic acids is 1. The maximum Gasteiger partial charge on any atom is 0.434 e. The third-order valence-corrected chi connectivity index (χ3v) is 3.40. The fourth-order valence-electron chi connectivity index (χ4n) is 2.51. The molecule has 2 rings (SSSR count). The van der Waals surface area contributed by atoms with Gasteiger partial charge in [0.2, 0.25) is 0 Å². The summed E-state index contributed by atoms with van der Waals surface area (Å²) in [6.07, 6.45) is 0.783. The van der Waals surface area contributed by atoms with Gasteiger partial charge < -0.3 is 9.67 Å². The van der Waals surface area contributed by atoms with E-state index in [1.807, 2.05) is 0 Å². The number of imidazole rings is 1. The van der Waals surface area contributed by atoms with Crippen molar-refractivity contribution in [2.45, 2.75) is 44.8 Å². The van der Waals surface area contributed by atoms with E-state index in [-0.39, 0.29) is 5.82 Å². The summed E-state index contributed by atoms with van der Waals surface area (Å²) in [4.78, 5) is 14.3. The van der Waals surface area contributed by atoms with Crippen LogP contribution in [0.1, 0.15) is 37.2 Å². The molecule has 0 radical (unpaired) electrons. The van der Waals surface area contributed by atoms with Crippen LogP contribution in [0.3, 0.4) is 0 Å². The minimum Gasteiger partial charge on any atom is -0.480 e. The van der Waals surface area contributed by atoms with Crippen molar-refractivity contribution >= 4 is 5.97 Å². The van der Waals surface area contributed by atoms with Crippen LogP contribution in [0.25, 0.3) is 0 Å². The van der Waals surface area contributed by atoms with E-state index in [0.717, 1.165) is 36.4 Å². The second-order valence-corrected chi connectivity index (χ2v) is 4.92. The summed E-state index contributed by atoms with van der Waals surface area (Å²) in [5, 5.41) is 8.73. The number of carboxylic acids is 1. The molecule has 1 fully saturated rings. The van der Waals surface area contributed by atoms with Crippen molar-refractivity contribution in [2.24, 2.45) is 5.92 Å². The summed E-state index contributed by atoms with van der Waals surface area (Å²) in [5.74, 6) is -0.628.